The number of nitrogens with one attached hydrogen (secondary N) is 1. The summed E-state index contributed by atoms with van der Waals surface area (Å²) in [6.07, 6.45) is 0.806. The first-order valence-electron chi connectivity index (χ1n) is 6.12. The Labute approximate surface area is 120 Å². The van der Waals surface area contributed by atoms with E-state index in [0.29, 0.717) is 18.8 Å². The van der Waals surface area contributed by atoms with Crippen molar-refractivity contribution in [2.75, 3.05) is 18.5 Å². The van der Waals surface area contributed by atoms with Crippen LogP contribution >= 0.6 is 15.9 Å². The second kappa shape index (κ2) is 7.14. The molecule has 0 aliphatic heterocycles. The molecule has 0 unspecified atom stereocenters. The van der Waals surface area contributed by atoms with Crippen molar-refractivity contribution in [1.82, 2.24) is 0 Å². The van der Waals surface area contributed by atoms with Gasteiger partial charge in [-0.3, -0.25) is 0 Å². The van der Waals surface area contributed by atoms with Crippen LogP contribution in [0.2, 0.25) is 0 Å². The molecular weight excluding hydrogens is 309 g/mol. The third kappa shape index (κ3) is 4.56. The fourth-order valence-corrected chi connectivity index (χ4v) is 2.00. The molecule has 2 rings (SSSR count). The van der Waals surface area contributed by atoms with Crippen LogP contribution in [0.5, 0.6) is 5.75 Å². The van der Waals surface area contributed by atoms with E-state index >= 15 is 0 Å². The highest BCUT2D eigenvalue weighted by Gasteiger charge is 2.01. The molecule has 1 N–H and O–H groups in total. The molecule has 0 spiro atoms. The van der Waals surface area contributed by atoms with Crippen LogP contribution in [0.15, 0.2) is 53.0 Å². The van der Waals surface area contributed by atoms with E-state index in [-0.39, 0.29) is 5.82 Å². The Kier molecular flexibility index (Phi) is 5.21. The summed E-state index contributed by atoms with van der Waals surface area (Å²) in [7, 11) is 0. The van der Waals surface area contributed by atoms with Gasteiger partial charge in [0.25, 0.3) is 0 Å². The number of anilines is 1. The van der Waals surface area contributed by atoms with Crippen LogP contribution in [0.1, 0.15) is 6.42 Å². The van der Waals surface area contributed by atoms with Gasteiger partial charge in [-0.2, -0.15) is 0 Å². The van der Waals surface area contributed by atoms with Crippen molar-refractivity contribution in [3.63, 3.8) is 0 Å². The Morgan fingerprint density at radius 3 is 2.68 bits per heavy atom. The number of para-hydroxylation sites is 1. The van der Waals surface area contributed by atoms with Gasteiger partial charge in [0, 0.05) is 11.0 Å². The van der Waals surface area contributed by atoms with Crippen LogP contribution in [0.25, 0.3) is 0 Å². The average molecular weight is 324 g/mol. The minimum Gasteiger partial charge on any atom is -0.494 e. The van der Waals surface area contributed by atoms with Crippen LogP contribution in [0.3, 0.4) is 0 Å². The van der Waals surface area contributed by atoms with Crippen molar-refractivity contribution < 1.29 is 9.13 Å². The lowest BCUT2D eigenvalue weighted by atomic mass is 10.3. The zero-order chi connectivity index (χ0) is 13.5. The molecule has 0 heterocycles. The van der Waals surface area contributed by atoms with Crippen molar-refractivity contribution >= 4 is 21.6 Å². The second-order valence-electron chi connectivity index (χ2n) is 4.07. The van der Waals surface area contributed by atoms with E-state index in [4.69, 9.17) is 4.74 Å². The van der Waals surface area contributed by atoms with Crippen LogP contribution in [-0.2, 0) is 0 Å². The Morgan fingerprint density at radius 2 is 1.89 bits per heavy atom. The van der Waals surface area contributed by atoms with Crippen LogP contribution in [0.4, 0.5) is 10.1 Å². The molecular formula is C15H15BrFNO. The molecule has 2 aromatic rings. The van der Waals surface area contributed by atoms with Crippen molar-refractivity contribution in [3.8, 4) is 5.75 Å². The highest BCUT2D eigenvalue weighted by atomic mass is 79.9. The molecule has 4 heteroatoms. The summed E-state index contributed by atoms with van der Waals surface area (Å²) in [6.45, 7) is 1.27. The van der Waals surface area contributed by atoms with Gasteiger partial charge in [-0.1, -0.05) is 34.1 Å². The van der Waals surface area contributed by atoms with Crippen LogP contribution < -0.4 is 10.1 Å². The maximum atomic E-state index is 13.4. The van der Waals surface area contributed by atoms with E-state index in [9.17, 15) is 4.39 Å². The SMILES string of the molecule is Fc1ccc(Br)cc1NCCCOc1ccccc1. The first-order valence-corrected chi connectivity index (χ1v) is 6.92. The lowest BCUT2D eigenvalue weighted by Gasteiger charge is -2.09. The minimum atomic E-state index is -0.243. The second-order valence-corrected chi connectivity index (χ2v) is 4.98. The molecule has 0 radical (unpaired) electrons. The molecule has 0 atom stereocenters. The summed E-state index contributed by atoms with van der Waals surface area (Å²) < 4.78 is 19.8. The molecule has 0 aromatic heterocycles. The number of rotatable bonds is 6. The summed E-state index contributed by atoms with van der Waals surface area (Å²) in [5.74, 6) is 0.614. The summed E-state index contributed by atoms with van der Waals surface area (Å²) in [4.78, 5) is 0. The molecule has 100 valence electrons. The first-order chi connectivity index (χ1) is 9.25. The minimum absolute atomic E-state index is 0.243. The van der Waals surface area contributed by atoms with Gasteiger partial charge in [0.15, 0.2) is 0 Å². The van der Waals surface area contributed by atoms with E-state index in [2.05, 4.69) is 21.2 Å². The van der Waals surface area contributed by atoms with E-state index in [1.165, 1.54) is 6.07 Å². The van der Waals surface area contributed by atoms with E-state index in [1.54, 1.807) is 12.1 Å². The van der Waals surface area contributed by atoms with Crippen molar-refractivity contribution in [2.45, 2.75) is 6.42 Å². The van der Waals surface area contributed by atoms with Gasteiger partial charge in [0.2, 0.25) is 0 Å². The topological polar surface area (TPSA) is 21.3 Å². The highest BCUT2D eigenvalue weighted by molar-refractivity contribution is 9.10. The third-order valence-corrected chi connectivity index (χ3v) is 3.07. The van der Waals surface area contributed by atoms with Crippen molar-refractivity contribution in [2.24, 2.45) is 0 Å². The normalized spacial score (nSPS) is 10.2. The molecule has 19 heavy (non-hydrogen) atoms. The number of hydrogen-bond acceptors (Lipinski definition) is 2. The van der Waals surface area contributed by atoms with Gasteiger partial charge < -0.3 is 10.1 Å². The molecule has 2 aromatic carbocycles. The first kappa shape index (κ1) is 13.9. The monoisotopic (exact) mass is 323 g/mol. The third-order valence-electron chi connectivity index (χ3n) is 2.58. The van der Waals surface area contributed by atoms with Gasteiger partial charge >= 0.3 is 0 Å². The molecule has 0 saturated carbocycles. The molecule has 0 saturated heterocycles. The fourth-order valence-electron chi connectivity index (χ4n) is 1.63. The number of halogens is 2. The van der Waals surface area contributed by atoms with Crippen LogP contribution in [0, 0.1) is 5.82 Å². The molecule has 0 aliphatic rings. The molecule has 0 aliphatic carbocycles. The smallest absolute Gasteiger partial charge is 0.146 e. The summed E-state index contributed by atoms with van der Waals surface area (Å²) in [6, 6.07) is 14.5. The Hall–Kier alpha value is -1.55. The Balaban J connectivity index is 1.71. The summed E-state index contributed by atoms with van der Waals surface area (Å²) in [5, 5.41) is 3.06. The van der Waals surface area contributed by atoms with Crippen LogP contribution in [-0.4, -0.2) is 13.2 Å². The van der Waals surface area contributed by atoms with E-state index < -0.39 is 0 Å². The predicted molar refractivity (Wildman–Crippen MR) is 79.1 cm³/mol. The van der Waals surface area contributed by atoms with Gasteiger partial charge in [-0.15, -0.1) is 0 Å². The highest BCUT2D eigenvalue weighted by Crippen LogP contribution is 2.19. The zero-order valence-electron chi connectivity index (χ0n) is 10.4. The average Bonchev–Trinajstić information content (AvgIpc) is 2.43. The lowest BCUT2D eigenvalue weighted by molar-refractivity contribution is 0.315. The van der Waals surface area contributed by atoms with Gasteiger partial charge in [-0.05, 0) is 36.8 Å². The summed E-state index contributed by atoms with van der Waals surface area (Å²) >= 11 is 3.32. The van der Waals surface area contributed by atoms with Gasteiger partial charge in [0.1, 0.15) is 11.6 Å². The van der Waals surface area contributed by atoms with Crippen molar-refractivity contribution in [3.05, 3.63) is 58.8 Å². The summed E-state index contributed by atoms with van der Waals surface area (Å²) in [5.41, 5.74) is 0.508. The Bertz CT molecular complexity index is 519. The number of benzene rings is 2. The van der Waals surface area contributed by atoms with Gasteiger partial charge in [-0.25, -0.2) is 4.39 Å². The lowest BCUT2D eigenvalue weighted by Crippen LogP contribution is -2.08. The largest absolute Gasteiger partial charge is 0.494 e. The Morgan fingerprint density at radius 1 is 1.11 bits per heavy atom. The number of ether oxygens (including phenoxy) is 1. The zero-order valence-corrected chi connectivity index (χ0v) is 12.0. The molecule has 0 bridgehead atoms. The number of hydrogen-bond donors (Lipinski definition) is 1. The molecule has 0 amide bonds. The van der Waals surface area contributed by atoms with E-state index in [1.807, 2.05) is 30.3 Å². The maximum absolute atomic E-state index is 13.4. The fraction of sp³-hybridized carbons (Fsp3) is 0.200. The van der Waals surface area contributed by atoms with Gasteiger partial charge in [0.05, 0.1) is 12.3 Å². The molecule has 2 nitrogen and oxygen atoms in total. The predicted octanol–water partition coefficient (Wildman–Crippen LogP) is 4.47. The maximum Gasteiger partial charge on any atom is 0.146 e. The quantitative estimate of drug-likeness (QED) is 0.792. The standard InChI is InChI=1S/C15H15BrFNO/c16-12-7-8-14(17)15(11-12)18-9-4-10-19-13-5-2-1-3-6-13/h1-3,5-8,11,18H,4,9-10H2. The van der Waals surface area contributed by atoms with E-state index in [0.717, 1.165) is 16.6 Å². The van der Waals surface area contributed by atoms with Crippen molar-refractivity contribution in [1.29, 1.82) is 0 Å². The molecule has 0 fully saturated rings.